The van der Waals surface area contributed by atoms with Crippen molar-refractivity contribution in [1.29, 1.82) is 0 Å². The number of benzene rings is 1. The second-order valence-electron chi connectivity index (χ2n) is 5.40. The van der Waals surface area contributed by atoms with Crippen LogP contribution in [0.5, 0.6) is 0 Å². The minimum absolute atomic E-state index is 0. The number of rotatable bonds is 3. The quantitative estimate of drug-likeness (QED) is 0.672. The Hall–Kier alpha value is 0.220. The molecule has 0 unspecified atom stereocenters. The van der Waals surface area contributed by atoms with Gasteiger partial charge in [-0.15, -0.1) is 0 Å². The molecule has 0 aromatic heterocycles. The first-order valence-electron chi connectivity index (χ1n) is 6.06. The van der Waals surface area contributed by atoms with Crippen LogP contribution in [0.15, 0.2) is 18.2 Å². The van der Waals surface area contributed by atoms with Gasteiger partial charge in [-0.1, -0.05) is 59.7 Å². The van der Waals surface area contributed by atoms with Crippen LogP contribution in [0.1, 0.15) is 76.0 Å². The molecule has 0 saturated heterocycles. The van der Waals surface area contributed by atoms with E-state index in [1.54, 1.807) is 0 Å². The first kappa shape index (κ1) is 16.2. The summed E-state index contributed by atoms with van der Waals surface area (Å²) in [7, 11) is 0. The molecule has 1 aromatic rings. The summed E-state index contributed by atoms with van der Waals surface area (Å²) in [6, 6.07) is 7.09. The minimum atomic E-state index is 0. The van der Waals surface area contributed by atoms with E-state index < -0.39 is 0 Å². The monoisotopic (exact) mass is 228 g/mol. The van der Waals surface area contributed by atoms with Gasteiger partial charge in [0.15, 0.2) is 0 Å². The molecule has 0 spiro atoms. The van der Waals surface area contributed by atoms with Crippen LogP contribution in [0.3, 0.4) is 0 Å². The van der Waals surface area contributed by atoms with Crippen molar-refractivity contribution in [3.63, 3.8) is 0 Å². The van der Waals surface area contributed by atoms with Crippen molar-refractivity contribution in [2.24, 2.45) is 0 Å². The Labute approximate surface area is 123 Å². The average molecular weight is 228 g/mol. The van der Waals surface area contributed by atoms with Crippen molar-refractivity contribution < 1.29 is 0 Å². The van der Waals surface area contributed by atoms with Crippen LogP contribution >= 0.6 is 0 Å². The number of hydrogen-bond donors (Lipinski definition) is 0. The zero-order chi connectivity index (χ0) is 11.6. The molecular formula is C15H25Na. The molecule has 0 nitrogen and oxygen atoms in total. The van der Waals surface area contributed by atoms with E-state index in [4.69, 9.17) is 0 Å². The molecule has 1 aromatic carbocycles. The van der Waals surface area contributed by atoms with Crippen LogP contribution in [0.25, 0.3) is 0 Å². The zero-order valence-electron chi connectivity index (χ0n) is 11.0. The standard InChI is InChI=1S/C15H24.Na.H/c1-10(2)13-7-14(11(3)4)9-15(8-13)12(5)6;;/h7-12H,1-6H3;;. The van der Waals surface area contributed by atoms with Crippen molar-refractivity contribution in [3.05, 3.63) is 34.9 Å². The molecule has 0 saturated carbocycles. The van der Waals surface area contributed by atoms with E-state index in [2.05, 4.69) is 59.7 Å². The Morgan fingerprint density at radius 3 is 0.875 bits per heavy atom. The van der Waals surface area contributed by atoms with E-state index in [0.717, 1.165) is 0 Å². The first-order chi connectivity index (χ1) is 6.91. The SMILES string of the molecule is CC(C)c1cc(C(C)C)cc(C(C)C)c1.[NaH]. The second-order valence-corrected chi connectivity index (χ2v) is 5.40. The Morgan fingerprint density at radius 1 is 0.562 bits per heavy atom. The first-order valence-corrected chi connectivity index (χ1v) is 6.06. The van der Waals surface area contributed by atoms with E-state index in [1.165, 1.54) is 16.7 Å². The summed E-state index contributed by atoms with van der Waals surface area (Å²) >= 11 is 0. The molecule has 16 heavy (non-hydrogen) atoms. The fraction of sp³-hybridized carbons (Fsp3) is 0.600. The van der Waals surface area contributed by atoms with Gasteiger partial charge in [0.1, 0.15) is 0 Å². The molecule has 0 aliphatic heterocycles. The molecule has 0 aliphatic carbocycles. The van der Waals surface area contributed by atoms with Crippen LogP contribution in [0, 0.1) is 0 Å². The van der Waals surface area contributed by atoms with Gasteiger partial charge in [-0.3, -0.25) is 0 Å². The molecule has 0 amide bonds. The van der Waals surface area contributed by atoms with E-state index in [-0.39, 0.29) is 29.6 Å². The maximum absolute atomic E-state index is 2.36. The van der Waals surface area contributed by atoms with Crippen molar-refractivity contribution >= 4 is 29.6 Å². The summed E-state index contributed by atoms with van der Waals surface area (Å²) in [6.07, 6.45) is 0. The van der Waals surface area contributed by atoms with E-state index >= 15 is 0 Å². The summed E-state index contributed by atoms with van der Waals surface area (Å²) in [5.74, 6) is 1.88. The van der Waals surface area contributed by atoms with Crippen LogP contribution in [0.2, 0.25) is 0 Å². The molecule has 0 fully saturated rings. The molecular weight excluding hydrogens is 203 g/mol. The van der Waals surface area contributed by atoms with Gasteiger partial charge in [-0.2, -0.15) is 0 Å². The van der Waals surface area contributed by atoms with E-state index in [1.807, 2.05) is 0 Å². The Bertz CT molecular complexity index is 259. The average Bonchev–Trinajstić information content (AvgIpc) is 2.16. The fourth-order valence-electron chi connectivity index (χ4n) is 1.70. The molecule has 0 radical (unpaired) electrons. The summed E-state index contributed by atoms with van der Waals surface area (Å²) < 4.78 is 0. The summed E-state index contributed by atoms with van der Waals surface area (Å²) in [6.45, 7) is 13.6. The molecule has 0 N–H and O–H groups in total. The summed E-state index contributed by atoms with van der Waals surface area (Å²) in [5, 5.41) is 0. The summed E-state index contributed by atoms with van der Waals surface area (Å²) in [5.41, 5.74) is 4.43. The van der Waals surface area contributed by atoms with E-state index in [0.29, 0.717) is 17.8 Å². The Balaban J connectivity index is 0.00000225. The van der Waals surface area contributed by atoms with Gasteiger partial charge in [-0.25, -0.2) is 0 Å². The zero-order valence-corrected chi connectivity index (χ0v) is 11.0. The van der Waals surface area contributed by atoms with Gasteiger partial charge < -0.3 is 0 Å². The van der Waals surface area contributed by atoms with Gasteiger partial charge >= 0.3 is 29.6 Å². The molecule has 1 rings (SSSR count). The third-order valence-electron chi connectivity index (χ3n) is 3.00. The second kappa shape index (κ2) is 6.83. The van der Waals surface area contributed by atoms with Crippen LogP contribution in [0.4, 0.5) is 0 Å². The van der Waals surface area contributed by atoms with Crippen molar-refractivity contribution in [2.75, 3.05) is 0 Å². The molecule has 0 aliphatic rings. The topological polar surface area (TPSA) is 0 Å². The van der Waals surface area contributed by atoms with Crippen molar-refractivity contribution in [3.8, 4) is 0 Å². The maximum atomic E-state index is 2.36. The normalized spacial score (nSPS) is 11.1. The van der Waals surface area contributed by atoms with Crippen LogP contribution in [-0.4, -0.2) is 29.6 Å². The van der Waals surface area contributed by atoms with Gasteiger partial charge in [0, 0.05) is 0 Å². The number of hydrogen-bond acceptors (Lipinski definition) is 0. The molecule has 0 atom stereocenters. The summed E-state index contributed by atoms with van der Waals surface area (Å²) in [4.78, 5) is 0. The molecule has 0 bridgehead atoms. The van der Waals surface area contributed by atoms with Gasteiger partial charge in [0.25, 0.3) is 0 Å². The van der Waals surface area contributed by atoms with Crippen LogP contribution < -0.4 is 0 Å². The Kier molecular flexibility index (Phi) is 6.93. The van der Waals surface area contributed by atoms with E-state index in [9.17, 15) is 0 Å². The molecule has 1 heteroatoms. The fourth-order valence-corrected chi connectivity index (χ4v) is 1.70. The van der Waals surface area contributed by atoms with Gasteiger partial charge in [0.05, 0.1) is 0 Å². The molecule has 86 valence electrons. The Morgan fingerprint density at radius 2 is 0.750 bits per heavy atom. The predicted molar refractivity (Wildman–Crippen MR) is 75.9 cm³/mol. The third kappa shape index (κ3) is 4.24. The van der Waals surface area contributed by atoms with Crippen molar-refractivity contribution in [1.82, 2.24) is 0 Å². The third-order valence-corrected chi connectivity index (χ3v) is 3.00. The van der Waals surface area contributed by atoms with Crippen molar-refractivity contribution in [2.45, 2.75) is 59.3 Å². The predicted octanol–water partition coefficient (Wildman–Crippen LogP) is 4.41. The molecule has 0 heterocycles. The van der Waals surface area contributed by atoms with Crippen LogP contribution in [-0.2, 0) is 0 Å². The van der Waals surface area contributed by atoms with Gasteiger partial charge in [-0.05, 0) is 34.4 Å². The van der Waals surface area contributed by atoms with Gasteiger partial charge in [0.2, 0.25) is 0 Å².